The first-order valence-electron chi connectivity index (χ1n) is 4.84. The Morgan fingerprint density at radius 3 is 2.87 bits per heavy atom. The van der Waals surface area contributed by atoms with Gasteiger partial charge in [-0.15, -0.1) is 0 Å². The molecule has 15 heavy (non-hydrogen) atoms. The third-order valence-corrected chi connectivity index (χ3v) is 2.23. The van der Waals surface area contributed by atoms with Gasteiger partial charge in [0.05, 0.1) is 0 Å². The van der Waals surface area contributed by atoms with Crippen molar-refractivity contribution in [1.29, 1.82) is 5.41 Å². The molecule has 0 bridgehead atoms. The Morgan fingerprint density at radius 2 is 2.33 bits per heavy atom. The van der Waals surface area contributed by atoms with Crippen molar-refractivity contribution >= 4 is 11.9 Å². The molecule has 0 atom stereocenters. The van der Waals surface area contributed by atoms with E-state index in [0.717, 1.165) is 12.8 Å². The molecule has 0 aromatic heterocycles. The van der Waals surface area contributed by atoms with E-state index in [1.807, 2.05) is 0 Å². The van der Waals surface area contributed by atoms with Crippen molar-refractivity contribution in [2.45, 2.75) is 12.8 Å². The Kier molecular flexibility index (Phi) is 3.91. The summed E-state index contributed by atoms with van der Waals surface area (Å²) in [4.78, 5) is 5.48. The van der Waals surface area contributed by atoms with Crippen LogP contribution in [0.3, 0.4) is 0 Å². The number of hydrogen-bond donors (Lipinski definition) is 3. The Bertz CT molecular complexity index is 327. The average molecular weight is 207 g/mol. The summed E-state index contributed by atoms with van der Waals surface area (Å²) in [5.41, 5.74) is 12.2. The summed E-state index contributed by atoms with van der Waals surface area (Å²) in [5, 5.41) is 7.15. The molecule has 0 heterocycles. The van der Waals surface area contributed by atoms with E-state index >= 15 is 0 Å². The number of nitrogens with one attached hydrogen (secondary N) is 1. The lowest BCUT2D eigenvalue weighted by Crippen LogP contribution is -2.42. The van der Waals surface area contributed by atoms with Crippen molar-refractivity contribution in [3.63, 3.8) is 0 Å². The molecule has 0 aliphatic heterocycles. The number of nitrogens with two attached hydrogens (primary N) is 2. The Labute approximate surface area is 89.7 Å². The largest absolute Gasteiger partial charge is 0.370 e. The smallest absolute Gasteiger partial charge is 0.197 e. The second-order valence-corrected chi connectivity index (χ2v) is 3.35. The molecule has 0 spiro atoms. The van der Waals surface area contributed by atoms with Crippen LogP contribution in [0.2, 0.25) is 0 Å². The third kappa shape index (κ3) is 3.46. The number of allylic oxidation sites excluding steroid dienone is 3. The number of hydrogen-bond acceptors (Lipinski definition) is 2. The summed E-state index contributed by atoms with van der Waals surface area (Å²) in [5.74, 6) is 0.182. The minimum Gasteiger partial charge on any atom is -0.370 e. The molecule has 1 aliphatic carbocycles. The number of aliphatic imine (C=N–C) groups is 1. The normalized spacial score (nSPS) is 15.3. The highest BCUT2D eigenvalue weighted by Gasteiger charge is 2.03. The van der Waals surface area contributed by atoms with Crippen molar-refractivity contribution in [1.82, 2.24) is 4.90 Å². The molecule has 0 aromatic rings. The van der Waals surface area contributed by atoms with Crippen LogP contribution in [0.4, 0.5) is 0 Å². The van der Waals surface area contributed by atoms with E-state index < -0.39 is 0 Å². The molecular formula is C10H17N5. The van der Waals surface area contributed by atoms with E-state index in [0.29, 0.717) is 6.54 Å². The first-order chi connectivity index (χ1) is 7.11. The number of nitrogens with zero attached hydrogens (tertiary/aromatic N) is 2. The molecule has 0 saturated carbocycles. The van der Waals surface area contributed by atoms with E-state index in [1.165, 1.54) is 10.5 Å². The van der Waals surface area contributed by atoms with Crippen LogP contribution < -0.4 is 11.5 Å². The monoisotopic (exact) mass is 207 g/mol. The van der Waals surface area contributed by atoms with Gasteiger partial charge < -0.3 is 11.5 Å². The lowest BCUT2D eigenvalue weighted by Gasteiger charge is -2.14. The minimum absolute atomic E-state index is 0.101. The zero-order valence-electron chi connectivity index (χ0n) is 8.90. The fourth-order valence-electron chi connectivity index (χ4n) is 1.22. The maximum absolute atomic E-state index is 7.15. The quantitative estimate of drug-likeness (QED) is 0.462. The Balaban J connectivity index is 2.37. The van der Waals surface area contributed by atoms with E-state index in [4.69, 9.17) is 16.9 Å². The standard InChI is InChI=1S/C10H17N5/c1-15(9(11)12)10(13)14-7-6-8-4-2-3-5-8/h2,4-5H,3,6-7H2,1H3,(H3,11,12)(H2,13,14). The highest BCUT2D eigenvalue weighted by Crippen LogP contribution is 2.12. The Morgan fingerprint density at radius 1 is 1.60 bits per heavy atom. The maximum atomic E-state index is 7.15. The van der Waals surface area contributed by atoms with Gasteiger partial charge in [0.2, 0.25) is 0 Å². The molecular weight excluding hydrogens is 190 g/mol. The third-order valence-electron chi connectivity index (χ3n) is 2.23. The summed E-state index contributed by atoms with van der Waals surface area (Å²) in [6, 6.07) is 0. The van der Waals surface area contributed by atoms with Gasteiger partial charge in [0.1, 0.15) is 0 Å². The molecule has 0 fully saturated rings. The van der Waals surface area contributed by atoms with Gasteiger partial charge in [-0.1, -0.05) is 23.8 Å². The van der Waals surface area contributed by atoms with E-state index in [1.54, 1.807) is 7.05 Å². The number of guanidine groups is 2. The van der Waals surface area contributed by atoms with Crippen LogP contribution in [0, 0.1) is 5.41 Å². The van der Waals surface area contributed by atoms with E-state index in [2.05, 4.69) is 23.2 Å². The van der Waals surface area contributed by atoms with Gasteiger partial charge in [0, 0.05) is 13.6 Å². The topological polar surface area (TPSA) is 91.5 Å². The van der Waals surface area contributed by atoms with Crippen LogP contribution in [-0.4, -0.2) is 30.4 Å². The zero-order valence-corrected chi connectivity index (χ0v) is 8.90. The molecule has 82 valence electrons. The predicted molar refractivity (Wildman–Crippen MR) is 62.6 cm³/mol. The number of rotatable bonds is 3. The second-order valence-electron chi connectivity index (χ2n) is 3.35. The van der Waals surface area contributed by atoms with Crippen molar-refractivity contribution < 1.29 is 0 Å². The van der Waals surface area contributed by atoms with Crippen LogP contribution in [0.15, 0.2) is 28.8 Å². The summed E-state index contributed by atoms with van der Waals surface area (Å²) >= 11 is 0. The van der Waals surface area contributed by atoms with Crippen LogP contribution in [-0.2, 0) is 0 Å². The molecule has 0 aromatic carbocycles. The molecule has 0 amide bonds. The molecule has 1 rings (SSSR count). The summed E-state index contributed by atoms with van der Waals surface area (Å²) in [6.45, 7) is 0.625. The second kappa shape index (κ2) is 5.19. The Hall–Kier alpha value is -1.78. The van der Waals surface area contributed by atoms with E-state index in [-0.39, 0.29) is 11.9 Å². The minimum atomic E-state index is -0.101. The highest BCUT2D eigenvalue weighted by atomic mass is 15.3. The lowest BCUT2D eigenvalue weighted by atomic mass is 10.2. The zero-order chi connectivity index (χ0) is 11.3. The van der Waals surface area contributed by atoms with Gasteiger partial charge >= 0.3 is 0 Å². The predicted octanol–water partition coefficient (Wildman–Crippen LogP) is 0.403. The van der Waals surface area contributed by atoms with Gasteiger partial charge in [-0.25, -0.2) is 0 Å². The van der Waals surface area contributed by atoms with Gasteiger partial charge in [0.15, 0.2) is 11.9 Å². The molecule has 5 heteroatoms. The molecule has 1 aliphatic rings. The fourth-order valence-corrected chi connectivity index (χ4v) is 1.22. The summed E-state index contributed by atoms with van der Waals surface area (Å²) < 4.78 is 0. The van der Waals surface area contributed by atoms with Crippen molar-refractivity contribution in [3.05, 3.63) is 23.8 Å². The van der Waals surface area contributed by atoms with Gasteiger partial charge in [-0.3, -0.25) is 15.3 Å². The maximum Gasteiger partial charge on any atom is 0.197 e. The van der Waals surface area contributed by atoms with Crippen LogP contribution in [0.5, 0.6) is 0 Å². The van der Waals surface area contributed by atoms with Crippen molar-refractivity contribution in [2.75, 3.05) is 13.6 Å². The fraction of sp³-hybridized carbons (Fsp3) is 0.400. The van der Waals surface area contributed by atoms with Gasteiger partial charge in [-0.05, 0) is 12.8 Å². The molecule has 0 unspecified atom stereocenters. The summed E-state index contributed by atoms with van der Waals surface area (Å²) in [7, 11) is 1.62. The van der Waals surface area contributed by atoms with Crippen LogP contribution in [0.1, 0.15) is 12.8 Å². The molecule has 5 nitrogen and oxygen atoms in total. The lowest BCUT2D eigenvalue weighted by molar-refractivity contribution is 0.714. The first-order valence-corrected chi connectivity index (χ1v) is 4.84. The van der Waals surface area contributed by atoms with E-state index in [9.17, 15) is 0 Å². The molecule has 5 N–H and O–H groups in total. The average Bonchev–Trinajstić information content (AvgIpc) is 2.69. The first kappa shape index (κ1) is 11.3. The van der Waals surface area contributed by atoms with Gasteiger partial charge in [-0.2, -0.15) is 0 Å². The van der Waals surface area contributed by atoms with Crippen LogP contribution in [0.25, 0.3) is 0 Å². The molecule has 0 saturated heterocycles. The van der Waals surface area contributed by atoms with Crippen molar-refractivity contribution in [3.8, 4) is 0 Å². The highest BCUT2D eigenvalue weighted by molar-refractivity contribution is 5.95. The molecule has 0 radical (unpaired) electrons. The van der Waals surface area contributed by atoms with Crippen LogP contribution >= 0.6 is 0 Å². The van der Waals surface area contributed by atoms with Crippen molar-refractivity contribution in [2.24, 2.45) is 16.5 Å². The summed E-state index contributed by atoms with van der Waals surface area (Å²) in [6.07, 6.45) is 8.27. The van der Waals surface area contributed by atoms with Gasteiger partial charge in [0.25, 0.3) is 0 Å². The SMILES string of the molecule is CN(C(=N)N)C(N)=NCCC1=CCC=C1.